The van der Waals surface area contributed by atoms with E-state index in [1.807, 2.05) is 30.3 Å². The zero-order valence-electron chi connectivity index (χ0n) is 20.6. The summed E-state index contributed by atoms with van der Waals surface area (Å²) in [6.07, 6.45) is 0. The number of nitrogens with zero attached hydrogens (tertiary/aromatic N) is 3. The highest BCUT2D eigenvalue weighted by molar-refractivity contribution is 9.10. The molecule has 1 saturated heterocycles. The number of hydrogen-bond acceptors (Lipinski definition) is 9. The third-order valence-electron chi connectivity index (χ3n) is 5.97. The lowest BCUT2D eigenvalue weighted by atomic mass is 9.95. The summed E-state index contributed by atoms with van der Waals surface area (Å²) < 4.78 is 6.98. The first kappa shape index (κ1) is 26.9. The fourth-order valence-corrected chi connectivity index (χ4v) is 6.25. The summed E-state index contributed by atoms with van der Waals surface area (Å²) in [6.45, 7) is 2.08. The molecule has 0 bridgehead atoms. The van der Waals surface area contributed by atoms with Gasteiger partial charge in [0.15, 0.2) is 15.8 Å². The smallest absolute Gasteiger partial charge is 0.301 e. The molecule has 1 unspecified atom stereocenters. The molecule has 0 radical (unpaired) electrons. The van der Waals surface area contributed by atoms with E-state index in [0.29, 0.717) is 27.8 Å². The fourth-order valence-electron chi connectivity index (χ4n) is 4.16. The first-order valence-electron chi connectivity index (χ1n) is 11.9. The van der Waals surface area contributed by atoms with Crippen LogP contribution in [0.25, 0.3) is 5.76 Å². The molecule has 0 aliphatic carbocycles. The van der Waals surface area contributed by atoms with Crippen molar-refractivity contribution < 1.29 is 24.5 Å². The number of anilines is 1. The Kier molecular flexibility index (Phi) is 8.01. The van der Waals surface area contributed by atoms with Crippen LogP contribution in [0.2, 0.25) is 0 Å². The third kappa shape index (κ3) is 5.56. The average Bonchev–Trinajstić information content (AvgIpc) is 3.51. The Morgan fingerprint density at radius 3 is 2.54 bits per heavy atom. The Labute approximate surface area is 241 Å². The molecule has 2 N–H and O–H groups in total. The molecule has 5 rings (SSSR count). The van der Waals surface area contributed by atoms with Crippen LogP contribution in [0.5, 0.6) is 11.5 Å². The Bertz CT molecular complexity index is 1560. The number of aliphatic hydroxyl groups is 1. The van der Waals surface area contributed by atoms with E-state index in [1.165, 1.54) is 34.1 Å². The highest BCUT2D eigenvalue weighted by atomic mass is 79.9. The van der Waals surface area contributed by atoms with E-state index in [1.54, 1.807) is 43.3 Å². The number of ether oxygens (including phenoxy) is 1. The van der Waals surface area contributed by atoms with E-state index >= 15 is 0 Å². The van der Waals surface area contributed by atoms with Gasteiger partial charge < -0.3 is 14.9 Å². The number of amides is 1. The number of thioether (sulfide) groups is 1. The number of rotatable bonds is 8. The number of hydrogen-bond donors (Lipinski definition) is 2. The van der Waals surface area contributed by atoms with Gasteiger partial charge in [0.25, 0.3) is 5.78 Å². The Balaban J connectivity index is 1.58. The van der Waals surface area contributed by atoms with Gasteiger partial charge in [-0.3, -0.25) is 14.5 Å². The van der Waals surface area contributed by atoms with Gasteiger partial charge in [-0.15, -0.1) is 10.2 Å². The number of phenols is 1. The van der Waals surface area contributed by atoms with Gasteiger partial charge in [-0.05, 0) is 42.3 Å². The van der Waals surface area contributed by atoms with E-state index in [-0.39, 0.29) is 28.0 Å². The van der Waals surface area contributed by atoms with Crippen molar-refractivity contribution in [3.63, 3.8) is 0 Å². The quantitative estimate of drug-likeness (QED) is 0.0770. The van der Waals surface area contributed by atoms with Gasteiger partial charge in [0, 0.05) is 15.8 Å². The fraction of sp³-hybridized carbons (Fsp3) is 0.143. The summed E-state index contributed by atoms with van der Waals surface area (Å²) in [5.41, 5.74) is 1.86. The zero-order chi connectivity index (χ0) is 27.5. The number of carbonyl (C=O) groups is 2. The minimum absolute atomic E-state index is 0.0824. The van der Waals surface area contributed by atoms with Crippen molar-refractivity contribution in [2.45, 2.75) is 23.1 Å². The number of aromatic hydroxyl groups is 1. The summed E-state index contributed by atoms with van der Waals surface area (Å²) in [5.74, 6) is -1.22. The number of Topliss-reactive ketones (excluding diaryl/α,β-unsaturated/α-hetero) is 1. The number of carbonyl (C=O) groups excluding carboxylic acids is 2. The maximum atomic E-state index is 13.4. The first-order valence-corrected chi connectivity index (χ1v) is 14.5. The lowest BCUT2D eigenvalue weighted by molar-refractivity contribution is -0.132. The topological polar surface area (TPSA) is 113 Å². The molecule has 1 fully saturated rings. The van der Waals surface area contributed by atoms with E-state index in [0.717, 1.165) is 10.0 Å². The number of benzene rings is 3. The van der Waals surface area contributed by atoms with E-state index < -0.39 is 17.7 Å². The molecule has 1 atom stereocenters. The van der Waals surface area contributed by atoms with Gasteiger partial charge in [-0.1, -0.05) is 87.6 Å². The first-order chi connectivity index (χ1) is 18.9. The Hall–Kier alpha value is -3.67. The van der Waals surface area contributed by atoms with Crippen molar-refractivity contribution in [1.82, 2.24) is 10.2 Å². The summed E-state index contributed by atoms with van der Waals surface area (Å²) in [4.78, 5) is 28.1. The Morgan fingerprint density at radius 1 is 1.08 bits per heavy atom. The molecule has 3 aromatic carbocycles. The second kappa shape index (κ2) is 11.6. The lowest BCUT2D eigenvalue weighted by Crippen LogP contribution is -2.29. The van der Waals surface area contributed by atoms with Crippen LogP contribution in [0.15, 0.2) is 87.2 Å². The van der Waals surface area contributed by atoms with Crippen LogP contribution < -0.4 is 9.64 Å². The molecule has 2 heterocycles. The van der Waals surface area contributed by atoms with Crippen molar-refractivity contribution in [2.75, 3.05) is 11.5 Å². The summed E-state index contributed by atoms with van der Waals surface area (Å²) >= 11 is 6.02. The second-order valence-corrected chi connectivity index (χ2v) is 11.6. The van der Waals surface area contributed by atoms with Crippen molar-refractivity contribution in [1.29, 1.82) is 0 Å². The summed E-state index contributed by atoms with van der Waals surface area (Å²) in [5, 5.41) is 30.3. The molecule has 0 saturated carbocycles. The second-order valence-electron chi connectivity index (χ2n) is 8.46. The standard InChI is InChI=1S/C28H22BrN3O5S2/c1-2-37-21-14-18(10-13-20(21)33)23-22(24(34)17-8-11-19(29)12-9-17)25(35)26(36)32(23)27-30-31-28(39-27)38-15-16-6-4-3-5-7-16/h3-14,23,33-34H,2,15H2,1H3/b24-22-. The average molecular weight is 625 g/mol. The van der Waals surface area contributed by atoms with Crippen LogP contribution >= 0.6 is 39.0 Å². The van der Waals surface area contributed by atoms with Gasteiger partial charge in [-0.25, -0.2) is 0 Å². The zero-order valence-corrected chi connectivity index (χ0v) is 23.8. The van der Waals surface area contributed by atoms with Crippen molar-refractivity contribution in [2.24, 2.45) is 0 Å². The van der Waals surface area contributed by atoms with Crippen LogP contribution in [-0.2, 0) is 15.3 Å². The largest absolute Gasteiger partial charge is 0.507 e. The number of ketones is 1. The van der Waals surface area contributed by atoms with Crippen molar-refractivity contribution >= 4 is 61.6 Å². The number of aliphatic hydroxyl groups excluding tert-OH is 1. The lowest BCUT2D eigenvalue weighted by Gasteiger charge is -2.23. The minimum Gasteiger partial charge on any atom is -0.507 e. The molecule has 11 heteroatoms. The highest BCUT2D eigenvalue weighted by Gasteiger charge is 2.48. The number of aromatic nitrogens is 2. The normalized spacial score (nSPS) is 16.6. The summed E-state index contributed by atoms with van der Waals surface area (Å²) in [7, 11) is 0. The van der Waals surface area contributed by atoms with Crippen LogP contribution in [-0.4, -0.2) is 38.7 Å². The van der Waals surface area contributed by atoms with Crippen molar-refractivity contribution in [3.8, 4) is 11.5 Å². The summed E-state index contributed by atoms with van der Waals surface area (Å²) in [6, 6.07) is 20.2. The number of phenolic OH excluding ortho intramolecular Hbond substituents is 1. The van der Waals surface area contributed by atoms with Crippen LogP contribution in [0, 0.1) is 0 Å². The molecule has 4 aromatic rings. The maximum absolute atomic E-state index is 13.4. The molecule has 0 spiro atoms. The van der Waals surface area contributed by atoms with Gasteiger partial charge in [0.2, 0.25) is 5.13 Å². The minimum atomic E-state index is -1.02. The van der Waals surface area contributed by atoms with Crippen molar-refractivity contribution in [3.05, 3.63) is 99.5 Å². The molecule has 1 aliphatic rings. The molecule has 1 aromatic heterocycles. The molecular formula is C28H22BrN3O5S2. The van der Waals surface area contributed by atoms with Gasteiger partial charge in [-0.2, -0.15) is 0 Å². The van der Waals surface area contributed by atoms with Gasteiger partial charge in [0.1, 0.15) is 5.76 Å². The highest BCUT2D eigenvalue weighted by Crippen LogP contribution is 2.45. The molecule has 8 nitrogen and oxygen atoms in total. The molecule has 198 valence electrons. The Morgan fingerprint density at radius 2 is 1.82 bits per heavy atom. The van der Waals surface area contributed by atoms with Gasteiger partial charge in [0.05, 0.1) is 18.2 Å². The molecule has 1 aliphatic heterocycles. The third-order valence-corrected chi connectivity index (χ3v) is 8.62. The maximum Gasteiger partial charge on any atom is 0.301 e. The van der Waals surface area contributed by atoms with E-state index in [2.05, 4.69) is 26.1 Å². The van der Waals surface area contributed by atoms with Crippen LogP contribution in [0.3, 0.4) is 0 Å². The SMILES string of the molecule is CCOc1cc(C2/C(=C(/O)c3ccc(Br)cc3)C(=O)C(=O)N2c2nnc(SCc3ccccc3)s2)ccc1O. The van der Waals surface area contributed by atoms with Crippen LogP contribution in [0.4, 0.5) is 5.13 Å². The van der Waals surface area contributed by atoms with Crippen LogP contribution in [0.1, 0.15) is 29.7 Å². The van der Waals surface area contributed by atoms with E-state index in [4.69, 9.17) is 4.74 Å². The predicted octanol–water partition coefficient (Wildman–Crippen LogP) is 6.32. The monoisotopic (exact) mass is 623 g/mol. The predicted molar refractivity (Wildman–Crippen MR) is 154 cm³/mol. The van der Waals surface area contributed by atoms with Gasteiger partial charge >= 0.3 is 5.91 Å². The number of halogens is 1. The van der Waals surface area contributed by atoms with E-state index in [9.17, 15) is 19.8 Å². The molecule has 39 heavy (non-hydrogen) atoms. The molecule has 1 amide bonds. The molecular weight excluding hydrogens is 602 g/mol.